The average Bonchev–Trinajstić information content (AvgIpc) is 2.27. The van der Waals surface area contributed by atoms with Crippen LogP contribution < -0.4 is 4.74 Å². The van der Waals surface area contributed by atoms with Gasteiger partial charge >= 0.3 is 0 Å². The number of carbonyl (C=O) groups excluding carboxylic acids is 1. The second kappa shape index (κ2) is 5.25. The summed E-state index contributed by atoms with van der Waals surface area (Å²) in [5.41, 5.74) is -0.114. The summed E-state index contributed by atoms with van der Waals surface area (Å²) in [4.78, 5) is 11.6. The number of rotatable bonds is 4. The molecule has 1 aromatic carbocycles. The Labute approximate surface area is 97.2 Å². The number of hydrogen-bond acceptors (Lipinski definition) is 2. The summed E-state index contributed by atoms with van der Waals surface area (Å²) in [6, 6.07) is 3.72. The Balaban J connectivity index is 3.19. The summed E-state index contributed by atoms with van der Waals surface area (Å²) in [6.07, 6.45) is -2.65. The highest BCUT2D eigenvalue weighted by atomic mass is 35.5. The molecule has 1 rings (SSSR count). The lowest BCUT2D eigenvalue weighted by Crippen LogP contribution is -2.11. The summed E-state index contributed by atoms with van der Waals surface area (Å²) in [6.45, 7) is 1.49. The summed E-state index contributed by atoms with van der Waals surface area (Å²) >= 11 is 5.61. The van der Waals surface area contributed by atoms with Gasteiger partial charge in [0.25, 0.3) is 6.43 Å². The number of benzene rings is 1. The maximum Gasteiger partial charge on any atom is 0.264 e. The van der Waals surface area contributed by atoms with Gasteiger partial charge in [0.1, 0.15) is 5.75 Å². The van der Waals surface area contributed by atoms with E-state index in [0.29, 0.717) is 0 Å². The molecule has 88 valence electrons. The largest absolute Gasteiger partial charge is 0.497 e. The monoisotopic (exact) mass is 248 g/mol. The van der Waals surface area contributed by atoms with Crippen LogP contribution in [0.2, 0.25) is 0 Å². The number of ether oxygens (including phenoxy) is 1. The Bertz CT molecular complexity index is 392. The summed E-state index contributed by atoms with van der Waals surface area (Å²) in [5.74, 6) is -0.180. The van der Waals surface area contributed by atoms with Crippen LogP contribution in [0.4, 0.5) is 8.78 Å². The van der Waals surface area contributed by atoms with Crippen LogP contribution in [-0.2, 0) is 0 Å². The van der Waals surface area contributed by atoms with Crippen molar-refractivity contribution >= 4 is 17.4 Å². The second-order valence-corrected chi connectivity index (χ2v) is 3.93. The highest BCUT2D eigenvalue weighted by Crippen LogP contribution is 2.26. The Morgan fingerprint density at radius 2 is 2.00 bits per heavy atom. The van der Waals surface area contributed by atoms with Crippen LogP contribution in [0.15, 0.2) is 18.2 Å². The molecule has 0 bridgehead atoms. The number of Topliss-reactive ketones (excluding diaryl/α,β-unsaturated/α-hetero) is 1. The predicted molar refractivity (Wildman–Crippen MR) is 57.6 cm³/mol. The molecule has 0 N–H and O–H groups in total. The van der Waals surface area contributed by atoms with Gasteiger partial charge < -0.3 is 4.74 Å². The molecule has 2 nitrogen and oxygen atoms in total. The number of methoxy groups -OCH3 is 1. The summed E-state index contributed by atoms with van der Waals surface area (Å²) < 4.78 is 29.9. The van der Waals surface area contributed by atoms with E-state index in [9.17, 15) is 13.6 Å². The third-order valence-corrected chi connectivity index (χ3v) is 2.26. The van der Waals surface area contributed by atoms with Crippen LogP contribution in [0.5, 0.6) is 5.75 Å². The van der Waals surface area contributed by atoms with Gasteiger partial charge in [-0.2, -0.15) is 0 Å². The normalized spacial score (nSPS) is 12.6. The Morgan fingerprint density at radius 3 is 2.44 bits per heavy atom. The van der Waals surface area contributed by atoms with Crippen molar-refractivity contribution < 1.29 is 18.3 Å². The first-order valence-electron chi connectivity index (χ1n) is 4.61. The average molecular weight is 249 g/mol. The van der Waals surface area contributed by atoms with Gasteiger partial charge in [-0.15, -0.1) is 11.6 Å². The zero-order valence-corrected chi connectivity index (χ0v) is 9.59. The first-order valence-corrected chi connectivity index (χ1v) is 5.04. The highest BCUT2D eigenvalue weighted by Gasteiger charge is 2.17. The number of alkyl halides is 3. The molecular weight excluding hydrogens is 238 g/mol. The van der Waals surface area contributed by atoms with E-state index in [1.54, 1.807) is 0 Å². The topological polar surface area (TPSA) is 26.3 Å². The number of halogens is 3. The molecule has 0 heterocycles. The number of carbonyl (C=O) groups is 1. The zero-order valence-electron chi connectivity index (χ0n) is 8.84. The molecule has 0 radical (unpaired) electrons. The molecule has 5 heteroatoms. The molecule has 0 aliphatic rings. The van der Waals surface area contributed by atoms with Crippen molar-refractivity contribution in [2.75, 3.05) is 7.11 Å². The molecule has 1 aromatic rings. The Morgan fingerprint density at radius 1 is 1.38 bits per heavy atom. The van der Waals surface area contributed by atoms with Gasteiger partial charge in [0.15, 0.2) is 5.78 Å². The molecule has 0 aromatic heterocycles. The van der Waals surface area contributed by atoms with E-state index in [-0.39, 0.29) is 16.9 Å². The fraction of sp³-hybridized carbons (Fsp3) is 0.364. The summed E-state index contributed by atoms with van der Waals surface area (Å²) in [7, 11) is 1.35. The maximum atomic E-state index is 12.5. The van der Waals surface area contributed by atoms with Crippen LogP contribution in [0.3, 0.4) is 0 Å². The highest BCUT2D eigenvalue weighted by molar-refractivity contribution is 6.33. The first kappa shape index (κ1) is 12.9. The van der Waals surface area contributed by atoms with Crippen molar-refractivity contribution in [3.05, 3.63) is 29.3 Å². The number of ketones is 1. The van der Waals surface area contributed by atoms with Crippen molar-refractivity contribution in [2.24, 2.45) is 0 Å². The molecule has 0 aliphatic carbocycles. The number of hydrogen-bond donors (Lipinski definition) is 0. The molecule has 1 atom stereocenters. The SMILES string of the molecule is COc1cc(C(=O)C(C)Cl)cc(C(F)F)c1. The smallest absolute Gasteiger partial charge is 0.264 e. The third-order valence-electron chi connectivity index (χ3n) is 2.06. The van der Waals surface area contributed by atoms with Gasteiger partial charge in [-0.25, -0.2) is 8.78 Å². The van der Waals surface area contributed by atoms with Crippen molar-refractivity contribution in [3.8, 4) is 5.75 Å². The van der Waals surface area contributed by atoms with Crippen LogP contribution in [0.1, 0.15) is 29.3 Å². The third kappa shape index (κ3) is 2.92. The molecule has 16 heavy (non-hydrogen) atoms. The quantitative estimate of drug-likeness (QED) is 0.603. The van der Waals surface area contributed by atoms with E-state index in [4.69, 9.17) is 16.3 Å². The second-order valence-electron chi connectivity index (χ2n) is 3.28. The maximum absolute atomic E-state index is 12.5. The van der Waals surface area contributed by atoms with Crippen LogP contribution in [0, 0.1) is 0 Å². The van der Waals surface area contributed by atoms with E-state index >= 15 is 0 Å². The standard InChI is InChI=1S/C11H11ClF2O2/c1-6(12)10(15)7-3-8(11(13)14)5-9(4-7)16-2/h3-6,11H,1-2H3. The summed E-state index contributed by atoms with van der Waals surface area (Å²) in [5, 5.41) is -0.752. The Hall–Kier alpha value is -1.16. The molecular formula is C11H11ClF2O2. The van der Waals surface area contributed by atoms with Gasteiger partial charge in [-0.05, 0) is 25.1 Å². The van der Waals surface area contributed by atoms with Gasteiger partial charge in [0.05, 0.1) is 12.5 Å². The molecule has 0 saturated carbocycles. The van der Waals surface area contributed by atoms with Gasteiger partial charge in [-0.1, -0.05) is 0 Å². The van der Waals surface area contributed by atoms with Crippen LogP contribution >= 0.6 is 11.6 Å². The van der Waals surface area contributed by atoms with Gasteiger partial charge in [0.2, 0.25) is 0 Å². The lowest BCUT2D eigenvalue weighted by atomic mass is 10.0. The molecule has 1 unspecified atom stereocenters. The van der Waals surface area contributed by atoms with Crippen molar-refractivity contribution in [1.82, 2.24) is 0 Å². The van der Waals surface area contributed by atoms with E-state index in [2.05, 4.69) is 0 Å². The molecule has 0 fully saturated rings. The minimum Gasteiger partial charge on any atom is -0.497 e. The van der Waals surface area contributed by atoms with E-state index in [1.165, 1.54) is 26.2 Å². The molecule has 0 saturated heterocycles. The van der Waals surface area contributed by atoms with Gasteiger partial charge in [0, 0.05) is 11.1 Å². The van der Waals surface area contributed by atoms with E-state index < -0.39 is 17.6 Å². The van der Waals surface area contributed by atoms with E-state index in [1.807, 2.05) is 0 Å². The lowest BCUT2D eigenvalue weighted by molar-refractivity contribution is 0.0991. The van der Waals surface area contributed by atoms with Crippen molar-refractivity contribution in [3.63, 3.8) is 0 Å². The zero-order chi connectivity index (χ0) is 12.3. The van der Waals surface area contributed by atoms with Crippen LogP contribution in [-0.4, -0.2) is 18.3 Å². The predicted octanol–water partition coefficient (Wildman–Crippen LogP) is 3.44. The minimum absolute atomic E-state index is 0.136. The molecule has 0 spiro atoms. The molecule has 0 aliphatic heterocycles. The van der Waals surface area contributed by atoms with Crippen molar-refractivity contribution in [1.29, 1.82) is 0 Å². The van der Waals surface area contributed by atoms with Gasteiger partial charge in [-0.3, -0.25) is 4.79 Å². The van der Waals surface area contributed by atoms with E-state index in [0.717, 1.165) is 6.07 Å². The fourth-order valence-corrected chi connectivity index (χ4v) is 1.36. The molecule has 0 amide bonds. The lowest BCUT2D eigenvalue weighted by Gasteiger charge is -2.08. The fourth-order valence-electron chi connectivity index (χ4n) is 1.24. The van der Waals surface area contributed by atoms with Crippen LogP contribution in [0.25, 0.3) is 0 Å². The minimum atomic E-state index is -2.65. The Kier molecular flexibility index (Phi) is 4.24. The van der Waals surface area contributed by atoms with Crippen molar-refractivity contribution in [2.45, 2.75) is 18.7 Å². The first-order chi connectivity index (χ1) is 7.45.